The zero-order chi connectivity index (χ0) is 28.2. The van der Waals surface area contributed by atoms with Crippen molar-refractivity contribution in [3.05, 3.63) is 76.8 Å². The van der Waals surface area contributed by atoms with Gasteiger partial charge in [-0.25, -0.2) is 16.8 Å². The molecule has 0 atom stereocenters. The summed E-state index contributed by atoms with van der Waals surface area (Å²) in [5, 5.41) is 3.12. The second-order valence-electron chi connectivity index (χ2n) is 9.18. The van der Waals surface area contributed by atoms with Gasteiger partial charge in [0.25, 0.3) is 15.9 Å². The van der Waals surface area contributed by atoms with Crippen LogP contribution in [-0.4, -0.2) is 47.2 Å². The van der Waals surface area contributed by atoms with Crippen LogP contribution in [0.1, 0.15) is 41.6 Å². The van der Waals surface area contributed by atoms with E-state index in [4.69, 9.17) is 16.3 Å². The molecule has 1 amide bonds. The molecule has 0 aromatic heterocycles. The summed E-state index contributed by atoms with van der Waals surface area (Å²) in [4.78, 5) is 13.2. The zero-order valence-electron chi connectivity index (χ0n) is 21.6. The van der Waals surface area contributed by atoms with Crippen molar-refractivity contribution in [2.75, 3.05) is 30.2 Å². The number of carbonyl (C=O) groups is 1. The van der Waals surface area contributed by atoms with E-state index in [2.05, 4.69) is 10.0 Å². The summed E-state index contributed by atoms with van der Waals surface area (Å²) in [5.41, 5.74) is 1.33. The Morgan fingerprint density at radius 3 is 2.18 bits per heavy atom. The van der Waals surface area contributed by atoms with Crippen molar-refractivity contribution in [2.45, 2.75) is 42.4 Å². The molecular weight excluding hydrogens is 562 g/mol. The number of hydrogen-bond donors (Lipinski definition) is 2. The molecule has 1 saturated heterocycles. The molecule has 0 radical (unpaired) electrons. The van der Waals surface area contributed by atoms with Gasteiger partial charge in [0.15, 0.2) is 0 Å². The Labute approximate surface area is 234 Å². The van der Waals surface area contributed by atoms with Crippen molar-refractivity contribution in [2.24, 2.45) is 0 Å². The van der Waals surface area contributed by atoms with Gasteiger partial charge in [0, 0.05) is 23.8 Å². The van der Waals surface area contributed by atoms with E-state index in [0.29, 0.717) is 35.1 Å². The number of rotatable bonds is 8. The maximum absolute atomic E-state index is 13.3. The minimum atomic E-state index is -3.91. The lowest BCUT2D eigenvalue weighted by Gasteiger charge is -2.20. The molecule has 3 aromatic carbocycles. The van der Waals surface area contributed by atoms with Crippen molar-refractivity contribution in [1.29, 1.82) is 0 Å². The molecule has 1 fully saturated rings. The standard InChI is InChI=1S/C27H30ClN3O6S2/c1-19-24(28)8-7-9-25(19)30-38(33,34)21-12-10-20(11-13-21)29-27(32)23-18-22(14-15-26(23)37-2)39(35,36)31-16-5-3-4-6-17-31/h7-15,18,30H,3-6,16-17H2,1-2H3,(H,29,32). The Morgan fingerprint density at radius 2 is 1.54 bits per heavy atom. The number of hydrogen-bond acceptors (Lipinski definition) is 6. The molecule has 1 aliphatic heterocycles. The van der Waals surface area contributed by atoms with Gasteiger partial charge in [-0.15, -0.1) is 0 Å². The van der Waals surface area contributed by atoms with Gasteiger partial charge in [0.1, 0.15) is 5.75 Å². The average Bonchev–Trinajstić information content (AvgIpc) is 3.21. The van der Waals surface area contributed by atoms with Crippen molar-refractivity contribution >= 4 is 48.9 Å². The van der Waals surface area contributed by atoms with Crippen LogP contribution in [0.25, 0.3) is 0 Å². The first kappa shape index (κ1) is 28.9. The van der Waals surface area contributed by atoms with E-state index in [1.807, 2.05) is 0 Å². The number of ether oxygens (including phenoxy) is 1. The molecule has 0 saturated carbocycles. The Bertz CT molecular complexity index is 1570. The van der Waals surface area contributed by atoms with Crippen LogP contribution >= 0.6 is 11.6 Å². The largest absolute Gasteiger partial charge is 0.496 e. The van der Waals surface area contributed by atoms with E-state index >= 15 is 0 Å². The van der Waals surface area contributed by atoms with E-state index in [1.54, 1.807) is 25.1 Å². The fourth-order valence-electron chi connectivity index (χ4n) is 4.29. The predicted octanol–water partition coefficient (Wildman–Crippen LogP) is 5.27. The molecule has 1 aliphatic rings. The van der Waals surface area contributed by atoms with Gasteiger partial charge < -0.3 is 10.1 Å². The molecule has 2 N–H and O–H groups in total. The topological polar surface area (TPSA) is 122 Å². The number of carbonyl (C=O) groups excluding carboxylic acids is 1. The zero-order valence-corrected chi connectivity index (χ0v) is 24.0. The lowest BCUT2D eigenvalue weighted by Crippen LogP contribution is -2.32. The minimum absolute atomic E-state index is 0.0111. The molecule has 1 heterocycles. The Hall–Kier alpha value is -3.12. The molecule has 3 aromatic rings. The number of benzene rings is 3. The van der Waals surface area contributed by atoms with Gasteiger partial charge in [-0.1, -0.05) is 30.5 Å². The lowest BCUT2D eigenvalue weighted by molar-refractivity contribution is 0.102. The summed E-state index contributed by atoms with van der Waals surface area (Å²) in [6, 6.07) is 14.7. The molecule has 0 aliphatic carbocycles. The second kappa shape index (κ2) is 12.0. The quantitative estimate of drug-likeness (QED) is 0.368. The Kier molecular flexibility index (Phi) is 8.85. The highest BCUT2D eigenvalue weighted by Gasteiger charge is 2.27. The molecule has 0 spiro atoms. The van der Waals surface area contributed by atoms with Gasteiger partial charge in [-0.05, 0) is 79.9 Å². The number of anilines is 2. The summed E-state index contributed by atoms with van der Waals surface area (Å²) in [5.74, 6) is -0.384. The second-order valence-corrected chi connectivity index (χ2v) is 13.2. The van der Waals surface area contributed by atoms with E-state index in [1.165, 1.54) is 53.9 Å². The predicted molar refractivity (Wildman–Crippen MR) is 152 cm³/mol. The maximum atomic E-state index is 13.3. The van der Waals surface area contributed by atoms with Gasteiger partial charge in [-0.2, -0.15) is 4.31 Å². The summed E-state index contributed by atoms with van der Waals surface area (Å²) < 4.78 is 61.5. The smallest absolute Gasteiger partial charge is 0.261 e. The molecule has 0 unspecified atom stereocenters. The monoisotopic (exact) mass is 591 g/mol. The maximum Gasteiger partial charge on any atom is 0.261 e. The first-order valence-corrected chi connectivity index (χ1v) is 15.7. The molecule has 39 heavy (non-hydrogen) atoms. The van der Waals surface area contributed by atoms with E-state index in [-0.39, 0.29) is 21.1 Å². The van der Waals surface area contributed by atoms with Gasteiger partial charge in [0.2, 0.25) is 10.0 Å². The summed E-state index contributed by atoms with van der Waals surface area (Å²) in [6.07, 6.45) is 3.56. The molecule has 12 heteroatoms. The SMILES string of the molecule is COc1ccc(S(=O)(=O)N2CCCCCC2)cc1C(=O)Nc1ccc(S(=O)(=O)Nc2cccc(Cl)c2C)cc1. The lowest BCUT2D eigenvalue weighted by atomic mass is 10.2. The average molecular weight is 592 g/mol. The van der Waals surface area contributed by atoms with Crippen molar-refractivity contribution in [3.8, 4) is 5.75 Å². The van der Waals surface area contributed by atoms with Crippen molar-refractivity contribution in [3.63, 3.8) is 0 Å². The van der Waals surface area contributed by atoms with Gasteiger partial charge >= 0.3 is 0 Å². The van der Waals surface area contributed by atoms with Crippen LogP contribution in [0, 0.1) is 6.92 Å². The highest BCUT2D eigenvalue weighted by atomic mass is 35.5. The number of halogens is 1. The molecular formula is C27H30ClN3O6S2. The number of sulfonamides is 2. The van der Waals surface area contributed by atoms with Crippen molar-refractivity contribution < 1.29 is 26.4 Å². The van der Waals surface area contributed by atoms with Crippen LogP contribution < -0.4 is 14.8 Å². The van der Waals surface area contributed by atoms with Crippen LogP contribution in [0.15, 0.2) is 70.5 Å². The fraction of sp³-hybridized carbons (Fsp3) is 0.296. The summed E-state index contributed by atoms with van der Waals surface area (Å²) in [7, 11) is -6.29. The summed E-state index contributed by atoms with van der Waals surface area (Å²) in [6.45, 7) is 2.59. The highest BCUT2D eigenvalue weighted by Crippen LogP contribution is 2.28. The third kappa shape index (κ3) is 6.55. The van der Waals surface area contributed by atoms with E-state index in [0.717, 1.165) is 25.7 Å². The molecule has 208 valence electrons. The third-order valence-electron chi connectivity index (χ3n) is 6.55. The highest BCUT2D eigenvalue weighted by molar-refractivity contribution is 7.92. The summed E-state index contributed by atoms with van der Waals surface area (Å²) >= 11 is 6.09. The van der Waals surface area contributed by atoms with Crippen LogP contribution in [0.2, 0.25) is 5.02 Å². The molecule has 0 bridgehead atoms. The van der Waals surface area contributed by atoms with Crippen LogP contribution in [0.4, 0.5) is 11.4 Å². The molecule has 9 nitrogen and oxygen atoms in total. The van der Waals surface area contributed by atoms with Crippen LogP contribution in [0.5, 0.6) is 5.75 Å². The van der Waals surface area contributed by atoms with Crippen LogP contribution in [0.3, 0.4) is 0 Å². The Balaban J connectivity index is 1.53. The normalized spacial score (nSPS) is 14.8. The third-order valence-corrected chi connectivity index (χ3v) is 10.2. The van der Waals surface area contributed by atoms with Gasteiger partial charge in [0.05, 0.1) is 28.2 Å². The first-order chi connectivity index (χ1) is 18.5. The number of nitrogens with one attached hydrogen (secondary N) is 2. The van der Waals surface area contributed by atoms with Crippen LogP contribution in [-0.2, 0) is 20.0 Å². The molecule has 4 rings (SSSR count). The first-order valence-electron chi connectivity index (χ1n) is 12.4. The Morgan fingerprint density at radius 1 is 0.897 bits per heavy atom. The fourth-order valence-corrected chi connectivity index (χ4v) is 7.13. The number of methoxy groups -OCH3 is 1. The number of nitrogens with zero attached hydrogens (tertiary/aromatic N) is 1. The minimum Gasteiger partial charge on any atom is -0.496 e. The number of amides is 1. The van der Waals surface area contributed by atoms with E-state index < -0.39 is 26.0 Å². The van der Waals surface area contributed by atoms with Gasteiger partial charge in [-0.3, -0.25) is 9.52 Å². The van der Waals surface area contributed by atoms with E-state index in [9.17, 15) is 21.6 Å². The van der Waals surface area contributed by atoms with Crippen molar-refractivity contribution in [1.82, 2.24) is 4.31 Å².